The first-order valence-electron chi connectivity index (χ1n) is 12.1. The highest BCUT2D eigenvalue weighted by Gasteiger charge is 2.77. The number of methoxy groups -OCH3 is 1. The number of ether oxygens (including phenoxy) is 6. The lowest BCUT2D eigenvalue weighted by Crippen LogP contribution is -2.60. The Morgan fingerprint density at radius 1 is 1.13 bits per heavy atom. The molecule has 0 radical (unpaired) electrons. The number of aliphatic hydroxyl groups is 5. The SMILES string of the molecule is COc1ccc(C=CC(=O)OC2C3C=COC(OC4OC(CO)C(O)C(O)C4O)C3C3(CO)OC23)cc1O. The van der Waals surface area contributed by atoms with Crippen LogP contribution in [0.1, 0.15) is 5.56 Å². The average molecular weight is 539 g/mol. The molecule has 1 saturated carbocycles. The molecule has 3 heterocycles. The number of carbonyl (C=O) groups is 1. The van der Waals surface area contributed by atoms with E-state index in [0.717, 1.165) is 0 Å². The van der Waals surface area contributed by atoms with Crippen molar-refractivity contribution in [3.8, 4) is 11.5 Å². The zero-order chi connectivity index (χ0) is 27.2. The Morgan fingerprint density at radius 2 is 1.92 bits per heavy atom. The van der Waals surface area contributed by atoms with Gasteiger partial charge < -0.3 is 59.1 Å². The van der Waals surface area contributed by atoms with Crippen LogP contribution >= 0.6 is 0 Å². The van der Waals surface area contributed by atoms with Gasteiger partial charge in [0.25, 0.3) is 0 Å². The molecule has 11 atom stereocenters. The number of hydrogen-bond acceptors (Lipinski definition) is 13. The number of fused-ring (bicyclic) bond motifs is 3. The van der Waals surface area contributed by atoms with Gasteiger partial charge in [0.05, 0.1) is 32.5 Å². The minimum atomic E-state index is -1.65. The van der Waals surface area contributed by atoms with Gasteiger partial charge >= 0.3 is 5.97 Å². The van der Waals surface area contributed by atoms with Gasteiger partial charge in [-0.1, -0.05) is 6.07 Å². The van der Waals surface area contributed by atoms with Crippen LogP contribution in [0.15, 0.2) is 36.6 Å². The van der Waals surface area contributed by atoms with Crippen LogP contribution in [-0.2, 0) is 28.5 Å². The molecule has 1 aromatic rings. The van der Waals surface area contributed by atoms with Crippen LogP contribution in [-0.4, -0.2) is 112 Å². The molecule has 0 aromatic heterocycles. The van der Waals surface area contributed by atoms with Gasteiger partial charge in [-0.05, 0) is 29.8 Å². The van der Waals surface area contributed by atoms with Crippen molar-refractivity contribution < 1.29 is 63.9 Å². The minimum absolute atomic E-state index is 0.0847. The normalized spacial score (nSPS) is 41.3. The summed E-state index contributed by atoms with van der Waals surface area (Å²) >= 11 is 0. The van der Waals surface area contributed by atoms with Crippen LogP contribution in [0.5, 0.6) is 11.5 Å². The zero-order valence-electron chi connectivity index (χ0n) is 20.3. The van der Waals surface area contributed by atoms with Crippen LogP contribution < -0.4 is 4.74 Å². The maximum atomic E-state index is 12.7. The molecule has 1 aliphatic carbocycles. The Kier molecular flexibility index (Phi) is 7.37. The van der Waals surface area contributed by atoms with Crippen molar-refractivity contribution in [3.63, 3.8) is 0 Å². The molecule has 1 aromatic carbocycles. The van der Waals surface area contributed by atoms with E-state index in [4.69, 9.17) is 28.4 Å². The molecular weight excluding hydrogens is 508 g/mol. The molecule has 38 heavy (non-hydrogen) atoms. The molecule has 4 aliphatic rings. The Balaban J connectivity index is 1.29. The Labute approximate surface area is 217 Å². The van der Waals surface area contributed by atoms with Gasteiger partial charge in [0.1, 0.15) is 42.2 Å². The standard InChI is InChI=1S/C25H30O13/c1-33-14-4-2-11(8-13(14)28)3-5-16(29)36-21-12-6-7-34-23(17(12)25(10-27)22(21)38-25)37-24-20(32)19(31)18(30)15(9-26)35-24/h2-8,12,15,17-24,26-28,30-32H,9-10H2,1H3. The largest absolute Gasteiger partial charge is 0.504 e. The second kappa shape index (κ2) is 10.4. The maximum Gasteiger partial charge on any atom is 0.331 e. The fraction of sp³-hybridized carbons (Fsp3) is 0.560. The molecular formula is C25H30O13. The third-order valence-corrected chi connectivity index (χ3v) is 7.46. The van der Waals surface area contributed by atoms with E-state index in [2.05, 4.69) is 0 Å². The topological polar surface area (TPSA) is 197 Å². The summed E-state index contributed by atoms with van der Waals surface area (Å²) in [6.45, 7) is -1.06. The highest BCUT2D eigenvalue weighted by molar-refractivity contribution is 5.87. The van der Waals surface area contributed by atoms with E-state index >= 15 is 0 Å². The number of epoxide rings is 1. The number of benzene rings is 1. The molecule has 11 unspecified atom stereocenters. The van der Waals surface area contributed by atoms with Gasteiger partial charge in [-0.25, -0.2) is 4.79 Å². The fourth-order valence-electron chi connectivity index (χ4n) is 5.44. The van der Waals surface area contributed by atoms with Crippen LogP contribution in [0.25, 0.3) is 6.08 Å². The van der Waals surface area contributed by atoms with Crippen molar-refractivity contribution in [3.05, 3.63) is 42.2 Å². The number of phenolic OH excluding ortho intramolecular Hbond substituents is 1. The van der Waals surface area contributed by atoms with Crippen molar-refractivity contribution in [2.45, 2.75) is 54.8 Å². The number of aromatic hydroxyl groups is 1. The van der Waals surface area contributed by atoms with E-state index in [1.165, 1.54) is 31.6 Å². The summed E-state index contributed by atoms with van der Waals surface area (Å²) in [5.74, 6) is -1.65. The molecule has 0 bridgehead atoms. The molecule has 2 saturated heterocycles. The Hall–Kier alpha value is -2.75. The van der Waals surface area contributed by atoms with Gasteiger partial charge in [-0.2, -0.15) is 0 Å². The molecule has 0 amide bonds. The number of phenols is 1. The van der Waals surface area contributed by atoms with Crippen LogP contribution in [0, 0.1) is 11.8 Å². The minimum Gasteiger partial charge on any atom is -0.504 e. The van der Waals surface area contributed by atoms with Crippen molar-refractivity contribution in [2.24, 2.45) is 11.8 Å². The van der Waals surface area contributed by atoms with Gasteiger partial charge in [0, 0.05) is 12.0 Å². The summed E-state index contributed by atoms with van der Waals surface area (Å²) in [5, 5.41) is 60.0. The quantitative estimate of drug-likeness (QED) is 0.126. The lowest BCUT2D eigenvalue weighted by molar-refractivity contribution is -0.344. The number of rotatable bonds is 8. The maximum absolute atomic E-state index is 12.7. The monoisotopic (exact) mass is 538 g/mol. The first kappa shape index (κ1) is 26.8. The van der Waals surface area contributed by atoms with E-state index in [1.807, 2.05) is 0 Å². The lowest BCUT2D eigenvalue weighted by atomic mass is 9.85. The summed E-state index contributed by atoms with van der Waals surface area (Å²) in [5.41, 5.74) is -0.610. The van der Waals surface area contributed by atoms with Crippen LogP contribution in [0.3, 0.4) is 0 Å². The van der Waals surface area contributed by atoms with Crippen molar-refractivity contribution in [1.82, 2.24) is 0 Å². The van der Waals surface area contributed by atoms with Crippen LogP contribution in [0.4, 0.5) is 0 Å². The number of aliphatic hydroxyl groups excluding tert-OH is 5. The van der Waals surface area contributed by atoms with Crippen LogP contribution in [0.2, 0.25) is 0 Å². The van der Waals surface area contributed by atoms with Crippen molar-refractivity contribution in [2.75, 3.05) is 20.3 Å². The molecule has 3 fully saturated rings. The molecule has 13 heteroatoms. The van der Waals surface area contributed by atoms with Crippen molar-refractivity contribution in [1.29, 1.82) is 0 Å². The molecule has 3 aliphatic heterocycles. The summed E-state index contributed by atoms with van der Waals surface area (Å²) in [6, 6.07) is 4.63. The molecule has 6 N–H and O–H groups in total. The number of carbonyl (C=O) groups excluding carboxylic acids is 1. The van der Waals surface area contributed by atoms with Gasteiger partial charge in [0.2, 0.25) is 6.29 Å². The second-order valence-electron chi connectivity index (χ2n) is 9.59. The second-order valence-corrected chi connectivity index (χ2v) is 9.59. The Bertz CT molecular complexity index is 1090. The summed E-state index contributed by atoms with van der Waals surface area (Å²) in [4.78, 5) is 12.7. The van der Waals surface area contributed by atoms with E-state index in [1.54, 1.807) is 18.2 Å². The third-order valence-electron chi connectivity index (χ3n) is 7.46. The van der Waals surface area contributed by atoms with E-state index in [9.17, 15) is 35.4 Å². The number of esters is 1. The van der Waals surface area contributed by atoms with E-state index in [-0.39, 0.29) is 5.75 Å². The highest BCUT2D eigenvalue weighted by atomic mass is 16.8. The lowest BCUT2D eigenvalue weighted by Gasteiger charge is -2.43. The molecule has 13 nitrogen and oxygen atoms in total. The van der Waals surface area contributed by atoms with Gasteiger partial charge in [-0.15, -0.1) is 0 Å². The molecule has 0 spiro atoms. The molecule has 5 rings (SSSR count). The zero-order valence-corrected chi connectivity index (χ0v) is 20.3. The van der Waals surface area contributed by atoms with Crippen molar-refractivity contribution >= 4 is 12.0 Å². The first-order valence-corrected chi connectivity index (χ1v) is 12.1. The fourth-order valence-corrected chi connectivity index (χ4v) is 5.44. The third kappa shape index (κ3) is 4.54. The summed E-state index contributed by atoms with van der Waals surface area (Å²) in [6.07, 6.45) is -4.45. The Morgan fingerprint density at radius 3 is 2.61 bits per heavy atom. The smallest absolute Gasteiger partial charge is 0.331 e. The first-order chi connectivity index (χ1) is 18.2. The average Bonchev–Trinajstić information content (AvgIpc) is 3.59. The van der Waals surface area contributed by atoms with Gasteiger partial charge in [0.15, 0.2) is 17.8 Å². The number of hydrogen-bond donors (Lipinski definition) is 6. The predicted molar refractivity (Wildman–Crippen MR) is 124 cm³/mol. The summed E-state index contributed by atoms with van der Waals surface area (Å²) in [7, 11) is 1.42. The predicted octanol–water partition coefficient (Wildman–Crippen LogP) is -1.61. The summed E-state index contributed by atoms with van der Waals surface area (Å²) < 4.78 is 33.3. The van der Waals surface area contributed by atoms with E-state index < -0.39 is 85.8 Å². The highest BCUT2D eigenvalue weighted by Crippen LogP contribution is 2.60. The van der Waals surface area contributed by atoms with Gasteiger partial charge in [-0.3, -0.25) is 0 Å². The van der Waals surface area contributed by atoms with E-state index in [0.29, 0.717) is 11.3 Å². The molecule has 208 valence electrons.